The average molecular weight is 314 g/mol. The Morgan fingerprint density at radius 1 is 1.17 bits per heavy atom. The maximum absolute atomic E-state index is 10.7. The van der Waals surface area contributed by atoms with Crippen molar-refractivity contribution in [3.8, 4) is 5.75 Å². The van der Waals surface area contributed by atoms with Gasteiger partial charge in [0.15, 0.2) is 0 Å². The molecule has 1 aromatic heterocycles. The summed E-state index contributed by atoms with van der Waals surface area (Å²) in [5.41, 5.74) is 1.82. The van der Waals surface area contributed by atoms with Crippen LogP contribution in [0.2, 0.25) is 0 Å². The molecule has 1 aliphatic rings. The second-order valence-corrected chi connectivity index (χ2v) is 6.64. The van der Waals surface area contributed by atoms with Crippen molar-refractivity contribution < 1.29 is 9.84 Å². The first-order valence-corrected chi connectivity index (χ1v) is 8.31. The minimum absolute atomic E-state index is 0.281. The summed E-state index contributed by atoms with van der Waals surface area (Å²) in [6.45, 7) is 6.72. The second-order valence-electron chi connectivity index (χ2n) is 6.64. The van der Waals surface area contributed by atoms with Gasteiger partial charge in [-0.1, -0.05) is 32.2 Å². The lowest BCUT2D eigenvalue weighted by Crippen LogP contribution is -2.48. The van der Waals surface area contributed by atoms with E-state index in [2.05, 4.69) is 16.9 Å². The van der Waals surface area contributed by atoms with Crippen LogP contribution < -0.4 is 4.74 Å². The summed E-state index contributed by atoms with van der Waals surface area (Å²) in [4.78, 5) is 8.69. The Balaban J connectivity index is 1.96. The summed E-state index contributed by atoms with van der Waals surface area (Å²) >= 11 is 0. The van der Waals surface area contributed by atoms with Gasteiger partial charge in [-0.2, -0.15) is 0 Å². The highest BCUT2D eigenvalue weighted by atomic mass is 16.5. The number of fused-ring (bicyclic) bond motifs is 2. The molecule has 124 valence electrons. The first-order chi connectivity index (χ1) is 11.0. The van der Waals surface area contributed by atoms with Gasteiger partial charge in [-0.25, -0.2) is 0 Å². The van der Waals surface area contributed by atoms with Gasteiger partial charge in [-0.15, -0.1) is 6.54 Å². The molecule has 0 bridgehead atoms. The van der Waals surface area contributed by atoms with E-state index in [0.717, 1.165) is 48.2 Å². The number of ether oxygens (including phenoxy) is 1. The molecule has 3 rings (SSSR count). The summed E-state index contributed by atoms with van der Waals surface area (Å²) in [7, 11) is 0. The standard InChI is InChI=1S/C18H24N3O2/c1-4-5-6-7-21-16-12-10-13-14(20-9-8-19-13)11-15(12)23-18(2,3)17(16)22/h8-11,16-17,22H,4-7H2,1-3H3/q-1/t16?,17-/m1/s1. The maximum atomic E-state index is 10.7. The molecule has 23 heavy (non-hydrogen) atoms. The Morgan fingerprint density at radius 2 is 1.87 bits per heavy atom. The van der Waals surface area contributed by atoms with Crippen molar-refractivity contribution in [2.75, 3.05) is 6.54 Å². The van der Waals surface area contributed by atoms with Gasteiger partial charge in [0, 0.05) is 18.5 Å². The number of aliphatic hydroxyl groups excluding tert-OH is 1. The third-order valence-electron chi connectivity index (χ3n) is 4.39. The van der Waals surface area contributed by atoms with E-state index < -0.39 is 11.7 Å². The number of hydrogen-bond donors (Lipinski definition) is 1. The van der Waals surface area contributed by atoms with Crippen molar-refractivity contribution in [1.29, 1.82) is 0 Å². The number of rotatable bonds is 5. The number of unbranched alkanes of at least 4 members (excludes halogenated alkanes) is 2. The van der Waals surface area contributed by atoms with Crippen molar-refractivity contribution in [2.45, 2.75) is 57.8 Å². The molecule has 0 fully saturated rings. The summed E-state index contributed by atoms with van der Waals surface area (Å²) in [5, 5.41) is 15.5. The molecule has 5 nitrogen and oxygen atoms in total. The van der Waals surface area contributed by atoms with Crippen molar-refractivity contribution >= 4 is 11.0 Å². The molecule has 0 radical (unpaired) electrons. The molecule has 0 amide bonds. The minimum Gasteiger partial charge on any atom is -0.653 e. The van der Waals surface area contributed by atoms with Crippen LogP contribution >= 0.6 is 0 Å². The van der Waals surface area contributed by atoms with Crippen LogP contribution in [-0.4, -0.2) is 33.3 Å². The SMILES string of the molecule is CCCCC[N-]C1c2cc3nccnc3cc2OC(C)(C)[C@@H]1O. The zero-order valence-corrected chi connectivity index (χ0v) is 14.0. The van der Waals surface area contributed by atoms with Crippen LogP contribution in [0.3, 0.4) is 0 Å². The summed E-state index contributed by atoms with van der Waals surface area (Å²) in [5.74, 6) is 0.748. The lowest BCUT2D eigenvalue weighted by atomic mass is 9.86. The van der Waals surface area contributed by atoms with Gasteiger partial charge in [0.25, 0.3) is 0 Å². The summed E-state index contributed by atoms with van der Waals surface area (Å²) < 4.78 is 6.02. The lowest BCUT2D eigenvalue weighted by Gasteiger charge is -2.48. The van der Waals surface area contributed by atoms with E-state index in [4.69, 9.17) is 10.1 Å². The molecular formula is C18H24N3O2-. The molecule has 2 heterocycles. The van der Waals surface area contributed by atoms with Crippen molar-refractivity contribution in [3.05, 3.63) is 35.4 Å². The van der Waals surface area contributed by atoms with E-state index in [1.807, 2.05) is 26.0 Å². The molecule has 1 unspecified atom stereocenters. The van der Waals surface area contributed by atoms with Gasteiger partial charge in [0.05, 0.1) is 17.1 Å². The fourth-order valence-electron chi connectivity index (χ4n) is 3.01. The van der Waals surface area contributed by atoms with Crippen LogP contribution in [-0.2, 0) is 0 Å². The van der Waals surface area contributed by atoms with E-state index in [0.29, 0.717) is 0 Å². The Morgan fingerprint density at radius 3 is 2.57 bits per heavy atom. The molecule has 2 atom stereocenters. The van der Waals surface area contributed by atoms with Crippen LogP contribution in [0.15, 0.2) is 24.5 Å². The molecule has 2 aromatic rings. The van der Waals surface area contributed by atoms with Gasteiger partial charge in [-0.3, -0.25) is 9.97 Å². The average Bonchev–Trinajstić information content (AvgIpc) is 2.53. The normalized spacial score (nSPS) is 22.6. The van der Waals surface area contributed by atoms with Gasteiger partial charge < -0.3 is 15.2 Å². The van der Waals surface area contributed by atoms with Crippen LogP contribution in [0, 0.1) is 0 Å². The second kappa shape index (κ2) is 6.42. The zero-order chi connectivity index (χ0) is 16.4. The highest BCUT2D eigenvalue weighted by molar-refractivity contribution is 5.78. The molecule has 1 aromatic carbocycles. The van der Waals surface area contributed by atoms with E-state index in [1.54, 1.807) is 12.4 Å². The zero-order valence-electron chi connectivity index (χ0n) is 14.0. The smallest absolute Gasteiger partial charge is 0.128 e. The summed E-state index contributed by atoms with van der Waals surface area (Å²) in [6, 6.07) is 3.57. The molecule has 1 aliphatic heterocycles. The number of aliphatic hydroxyl groups is 1. The molecule has 0 saturated heterocycles. The van der Waals surface area contributed by atoms with Crippen molar-refractivity contribution in [3.63, 3.8) is 0 Å². The predicted molar refractivity (Wildman–Crippen MR) is 90.7 cm³/mol. The fourth-order valence-corrected chi connectivity index (χ4v) is 3.01. The van der Waals surface area contributed by atoms with Crippen LogP contribution in [0.25, 0.3) is 16.4 Å². The lowest BCUT2D eigenvalue weighted by molar-refractivity contribution is -0.0519. The van der Waals surface area contributed by atoms with E-state index >= 15 is 0 Å². The number of hydrogen-bond acceptors (Lipinski definition) is 4. The molecule has 0 spiro atoms. The molecule has 0 saturated carbocycles. The number of aromatic nitrogens is 2. The van der Waals surface area contributed by atoms with Crippen molar-refractivity contribution in [1.82, 2.24) is 9.97 Å². The Labute approximate surface area is 137 Å². The Kier molecular flexibility index (Phi) is 4.50. The topological polar surface area (TPSA) is 69.3 Å². The number of benzene rings is 1. The molecular weight excluding hydrogens is 290 g/mol. The van der Waals surface area contributed by atoms with Gasteiger partial charge in [-0.05, 0) is 25.5 Å². The predicted octanol–water partition coefficient (Wildman–Crippen LogP) is 3.77. The Bertz CT molecular complexity index is 687. The van der Waals surface area contributed by atoms with Crippen LogP contribution in [0.5, 0.6) is 5.75 Å². The van der Waals surface area contributed by atoms with Crippen LogP contribution in [0.4, 0.5) is 0 Å². The Hall–Kier alpha value is -1.72. The van der Waals surface area contributed by atoms with E-state index in [9.17, 15) is 5.11 Å². The summed E-state index contributed by atoms with van der Waals surface area (Å²) in [6.07, 6.45) is 6.03. The third-order valence-corrected chi connectivity index (χ3v) is 4.39. The van der Waals surface area contributed by atoms with Gasteiger partial charge in [0.2, 0.25) is 0 Å². The molecule has 5 heteroatoms. The van der Waals surface area contributed by atoms with E-state index in [-0.39, 0.29) is 6.04 Å². The number of nitrogens with zero attached hydrogens (tertiary/aromatic N) is 3. The quantitative estimate of drug-likeness (QED) is 0.853. The molecule has 0 aliphatic carbocycles. The third kappa shape index (κ3) is 3.16. The monoisotopic (exact) mass is 314 g/mol. The highest BCUT2D eigenvalue weighted by Crippen LogP contribution is 2.44. The maximum Gasteiger partial charge on any atom is 0.128 e. The minimum atomic E-state index is -0.679. The van der Waals surface area contributed by atoms with Crippen LogP contribution in [0.1, 0.15) is 51.6 Å². The van der Waals surface area contributed by atoms with Crippen molar-refractivity contribution in [2.24, 2.45) is 0 Å². The van der Waals surface area contributed by atoms with Gasteiger partial charge >= 0.3 is 0 Å². The fraction of sp³-hybridized carbons (Fsp3) is 0.556. The van der Waals surface area contributed by atoms with E-state index in [1.165, 1.54) is 0 Å². The highest BCUT2D eigenvalue weighted by Gasteiger charge is 2.38. The largest absolute Gasteiger partial charge is 0.653 e. The first kappa shape index (κ1) is 16.1. The first-order valence-electron chi connectivity index (χ1n) is 8.31. The van der Waals surface area contributed by atoms with Gasteiger partial charge in [0.1, 0.15) is 11.4 Å². The molecule has 1 N–H and O–H groups in total.